The number of nitro groups is 1. The maximum atomic E-state index is 12.4. The number of carbonyl (C=O) groups is 4. The third-order valence-corrected chi connectivity index (χ3v) is 4.96. The van der Waals surface area contributed by atoms with Crippen LogP contribution in [0.3, 0.4) is 0 Å². The van der Waals surface area contributed by atoms with Crippen molar-refractivity contribution >= 4 is 35.0 Å². The Hall–Kier alpha value is -4.08. The number of carbonyl (C=O) groups excluding carboxylic acids is 4. The van der Waals surface area contributed by atoms with E-state index >= 15 is 0 Å². The molecule has 1 aliphatic heterocycles. The molecular formula is C23H22N2O8. The van der Waals surface area contributed by atoms with Crippen molar-refractivity contribution in [2.24, 2.45) is 5.92 Å². The van der Waals surface area contributed by atoms with Crippen LogP contribution in [0.5, 0.6) is 0 Å². The van der Waals surface area contributed by atoms with Gasteiger partial charge in [0, 0.05) is 36.3 Å². The molecule has 1 saturated heterocycles. The van der Waals surface area contributed by atoms with E-state index < -0.39 is 35.2 Å². The van der Waals surface area contributed by atoms with Gasteiger partial charge in [0.1, 0.15) is 0 Å². The van der Waals surface area contributed by atoms with Crippen molar-refractivity contribution < 1.29 is 33.6 Å². The lowest BCUT2D eigenvalue weighted by Crippen LogP contribution is -2.27. The highest BCUT2D eigenvalue weighted by Gasteiger charge is 2.36. The number of rotatable bonds is 8. The molecule has 10 nitrogen and oxygen atoms in total. The molecule has 0 aromatic heterocycles. The molecule has 0 radical (unpaired) electrons. The largest absolute Gasteiger partial charge is 0.459 e. The Balaban J connectivity index is 1.56. The minimum atomic E-state index is -0.743. The van der Waals surface area contributed by atoms with Crippen molar-refractivity contribution in [3.05, 3.63) is 69.8 Å². The average molecular weight is 454 g/mol. The zero-order valence-corrected chi connectivity index (χ0v) is 18.1. The third-order valence-electron chi connectivity index (χ3n) is 4.96. The number of ketones is 1. The highest BCUT2D eigenvalue weighted by molar-refractivity contribution is 6.01. The Labute approximate surface area is 189 Å². The molecule has 2 aromatic rings. The molecule has 0 spiro atoms. The number of esters is 2. The maximum Gasteiger partial charge on any atom is 0.338 e. The summed E-state index contributed by atoms with van der Waals surface area (Å²) in [5, 5.41) is 10.7. The van der Waals surface area contributed by atoms with Gasteiger partial charge in [-0.15, -0.1) is 0 Å². The predicted octanol–water partition coefficient (Wildman–Crippen LogP) is 2.94. The molecule has 33 heavy (non-hydrogen) atoms. The van der Waals surface area contributed by atoms with Gasteiger partial charge in [-0.05, 0) is 50.2 Å². The van der Waals surface area contributed by atoms with Gasteiger partial charge in [0.25, 0.3) is 5.69 Å². The van der Waals surface area contributed by atoms with Gasteiger partial charge in [-0.2, -0.15) is 0 Å². The van der Waals surface area contributed by atoms with Gasteiger partial charge < -0.3 is 14.4 Å². The third kappa shape index (κ3) is 5.79. The highest BCUT2D eigenvalue weighted by atomic mass is 16.6. The molecule has 10 heteroatoms. The monoisotopic (exact) mass is 454 g/mol. The van der Waals surface area contributed by atoms with Crippen LogP contribution in [0.25, 0.3) is 0 Å². The summed E-state index contributed by atoms with van der Waals surface area (Å²) in [6.45, 7) is 3.04. The van der Waals surface area contributed by atoms with Crippen LogP contribution in [-0.4, -0.2) is 47.8 Å². The molecule has 2 aromatic carbocycles. The number of nitrogens with zero attached hydrogens (tertiary/aromatic N) is 2. The summed E-state index contributed by atoms with van der Waals surface area (Å²) < 4.78 is 10.2. The Bertz CT molecular complexity index is 1080. The quantitative estimate of drug-likeness (QED) is 0.257. The van der Waals surface area contributed by atoms with E-state index in [0.717, 1.165) is 0 Å². The van der Waals surface area contributed by atoms with Crippen LogP contribution >= 0.6 is 0 Å². The van der Waals surface area contributed by atoms with Crippen LogP contribution < -0.4 is 4.90 Å². The second-order valence-electron chi connectivity index (χ2n) is 7.74. The zero-order chi connectivity index (χ0) is 24.1. The molecule has 0 aliphatic carbocycles. The van der Waals surface area contributed by atoms with Crippen LogP contribution in [0.15, 0.2) is 48.5 Å². The van der Waals surface area contributed by atoms with Crippen molar-refractivity contribution in [3.63, 3.8) is 0 Å². The fourth-order valence-electron chi connectivity index (χ4n) is 3.28. The van der Waals surface area contributed by atoms with Crippen molar-refractivity contribution in [2.75, 3.05) is 18.1 Å². The number of non-ortho nitro benzene ring substituents is 1. The number of hydrogen-bond donors (Lipinski definition) is 0. The second-order valence-corrected chi connectivity index (χ2v) is 7.74. The zero-order valence-electron chi connectivity index (χ0n) is 18.1. The van der Waals surface area contributed by atoms with Crippen molar-refractivity contribution in [2.45, 2.75) is 26.4 Å². The molecule has 1 atom stereocenters. The van der Waals surface area contributed by atoms with Crippen LogP contribution in [0.1, 0.15) is 41.0 Å². The molecule has 1 heterocycles. The van der Waals surface area contributed by atoms with E-state index in [-0.39, 0.29) is 36.2 Å². The van der Waals surface area contributed by atoms with E-state index in [9.17, 15) is 29.3 Å². The van der Waals surface area contributed by atoms with Gasteiger partial charge in [0.2, 0.25) is 5.91 Å². The lowest BCUT2D eigenvalue weighted by molar-refractivity contribution is -0.384. The molecule has 1 aliphatic rings. The minimum absolute atomic E-state index is 0.0678. The summed E-state index contributed by atoms with van der Waals surface area (Å²) in [6.07, 6.45) is -0.321. The van der Waals surface area contributed by atoms with Crippen molar-refractivity contribution in [3.8, 4) is 0 Å². The van der Waals surface area contributed by atoms with E-state index in [1.807, 2.05) is 0 Å². The average Bonchev–Trinajstić information content (AvgIpc) is 3.18. The van der Waals surface area contributed by atoms with Crippen LogP contribution in [0.4, 0.5) is 11.4 Å². The SMILES string of the molecule is CC(C)OC(=O)c1ccc(N2C[C@H](C(=O)OCC(=O)c3ccc([N+](=O)[O-])cc3)CC2=O)cc1. The number of anilines is 1. The summed E-state index contributed by atoms with van der Waals surface area (Å²) in [6, 6.07) is 11.2. The number of Topliss-reactive ketones (excluding diaryl/α,β-unsaturated/α-hetero) is 1. The van der Waals surface area contributed by atoms with E-state index in [4.69, 9.17) is 9.47 Å². The molecule has 3 rings (SSSR count). The molecular weight excluding hydrogens is 432 g/mol. The fourth-order valence-corrected chi connectivity index (χ4v) is 3.28. The van der Waals surface area contributed by atoms with E-state index in [1.54, 1.807) is 38.1 Å². The summed E-state index contributed by atoms with van der Waals surface area (Å²) in [5.74, 6) is -2.69. The lowest BCUT2D eigenvalue weighted by Gasteiger charge is -2.17. The molecule has 0 saturated carbocycles. The summed E-state index contributed by atoms with van der Waals surface area (Å²) in [5.41, 5.74) is 0.893. The number of amides is 1. The van der Waals surface area contributed by atoms with E-state index in [1.165, 1.54) is 29.2 Å². The first-order valence-electron chi connectivity index (χ1n) is 10.2. The molecule has 0 N–H and O–H groups in total. The Kier molecular flexibility index (Phi) is 7.17. The smallest absolute Gasteiger partial charge is 0.338 e. The standard InChI is InChI=1S/C23H22N2O8/c1-14(2)33-23(29)16-5-7-18(8-6-16)24-12-17(11-21(24)27)22(28)32-13-20(26)15-3-9-19(10-4-15)25(30)31/h3-10,14,17H,11-13H2,1-2H3/t17-/m1/s1. The van der Waals surface area contributed by atoms with Gasteiger partial charge in [-0.25, -0.2) is 4.79 Å². The van der Waals surface area contributed by atoms with Gasteiger partial charge in [-0.3, -0.25) is 24.5 Å². The minimum Gasteiger partial charge on any atom is -0.459 e. The van der Waals surface area contributed by atoms with Gasteiger partial charge in [-0.1, -0.05) is 0 Å². The molecule has 1 fully saturated rings. The Morgan fingerprint density at radius 1 is 1.06 bits per heavy atom. The summed E-state index contributed by atoms with van der Waals surface area (Å²) >= 11 is 0. The maximum absolute atomic E-state index is 12.4. The van der Waals surface area contributed by atoms with Gasteiger partial charge in [0.15, 0.2) is 12.4 Å². The van der Waals surface area contributed by atoms with Gasteiger partial charge >= 0.3 is 11.9 Å². The predicted molar refractivity (Wildman–Crippen MR) is 116 cm³/mol. The van der Waals surface area contributed by atoms with E-state index in [2.05, 4.69) is 0 Å². The Morgan fingerprint density at radius 3 is 2.24 bits per heavy atom. The normalized spacial score (nSPS) is 15.4. The number of hydrogen-bond acceptors (Lipinski definition) is 8. The molecule has 0 bridgehead atoms. The molecule has 0 unspecified atom stereocenters. The van der Waals surface area contributed by atoms with Crippen LogP contribution in [-0.2, 0) is 19.1 Å². The molecule has 1 amide bonds. The number of nitro benzene ring substituents is 1. The van der Waals surface area contributed by atoms with Gasteiger partial charge in [0.05, 0.1) is 22.5 Å². The van der Waals surface area contributed by atoms with Crippen molar-refractivity contribution in [1.82, 2.24) is 0 Å². The van der Waals surface area contributed by atoms with Crippen LogP contribution in [0, 0.1) is 16.0 Å². The highest BCUT2D eigenvalue weighted by Crippen LogP contribution is 2.26. The van der Waals surface area contributed by atoms with Crippen LogP contribution in [0.2, 0.25) is 0 Å². The molecule has 172 valence electrons. The first-order valence-corrected chi connectivity index (χ1v) is 10.2. The topological polar surface area (TPSA) is 133 Å². The summed E-state index contributed by atoms with van der Waals surface area (Å²) in [7, 11) is 0. The van der Waals surface area contributed by atoms with E-state index in [0.29, 0.717) is 11.3 Å². The second kappa shape index (κ2) is 10.0. The number of ether oxygens (including phenoxy) is 2. The lowest BCUT2D eigenvalue weighted by atomic mass is 10.1. The number of benzene rings is 2. The first kappa shape index (κ1) is 23.6. The first-order chi connectivity index (χ1) is 15.7. The Morgan fingerprint density at radius 2 is 1.67 bits per heavy atom. The fraction of sp³-hybridized carbons (Fsp3) is 0.304. The van der Waals surface area contributed by atoms with Crippen molar-refractivity contribution in [1.29, 1.82) is 0 Å². The summed E-state index contributed by atoms with van der Waals surface area (Å²) in [4.78, 5) is 60.4.